The van der Waals surface area contributed by atoms with Crippen LogP contribution >= 0.6 is 21.6 Å². The highest BCUT2D eigenvalue weighted by Gasteiger charge is 2.56. The van der Waals surface area contributed by atoms with E-state index in [2.05, 4.69) is 64.4 Å². The maximum absolute atomic E-state index is 11.4. The molecule has 40 heavy (non-hydrogen) atoms. The number of piperazine rings is 1. The van der Waals surface area contributed by atoms with E-state index in [0.29, 0.717) is 29.9 Å². The minimum atomic E-state index is -0.469. The Bertz CT molecular complexity index is 1410. The SMILES string of the molecule is [2H]B(P)S.[3H]OC[C@H]1c2c(c(O)c(C)c3c2OCO3)CC2[C@H]3c4c(cc(C)c(C)c4OCOC)C[C@@H]([C@H](C#N)N21)N3C. The molecule has 0 saturated carbocycles. The van der Waals surface area contributed by atoms with Crippen LogP contribution in [0.2, 0.25) is 0 Å². The number of aliphatic hydroxyl groups excluding tert-OH is 1. The summed E-state index contributed by atoms with van der Waals surface area (Å²) < 4.78 is 37.2. The number of methoxy groups -OCH3 is 1. The third-order valence-corrected chi connectivity index (χ3v) is 8.91. The molecule has 1 saturated heterocycles. The summed E-state index contributed by atoms with van der Waals surface area (Å²) >= 11 is 3.60. The van der Waals surface area contributed by atoms with E-state index in [4.69, 9.17) is 26.8 Å². The molecule has 2 unspecified atom stereocenters. The lowest BCUT2D eigenvalue weighted by atomic mass is 9.71. The van der Waals surface area contributed by atoms with E-state index in [1.54, 1.807) is 7.11 Å². The zero-order chi connectivity index (χ0) is 30.5. The summed E-state index contributed by atoms with van der Waals surface area (Å²) in [6.07, 6.45) is 0.871. The van der Waals surface area contributed by atoms with Gasteiger partial charge in [0.25, 0.3) is 0 Å². The van der Waals surface area contributed by atoms with Gasteiger partial charge in [0.15, 0.2) is 18.3 Å². The van der Waals surface area contributed by atoms with E-state index >= 15 is 0 Å². The van der Waals surface area contributed by atoms with Gasteiger partial charge < -0.3 is 29.2 Å². The van der Waals surface area contributed by atoms with Crippen LogP contribution in [0, 0.1) is 32.1 Å². The number of hydrogen-bond donors (Lipinski definition) is 3. The number of phenolic OH excluding ortho intramolecular Hbond substituents is 1. The fourth-order valence-corrected chi connectivity index (χ4v) is 7.15. The molecule has 0 amide bonds. The Labute approximate surface area is 246 Å². The molecule has 1 fully saturated rings. The first-order chi connectivity index (χ1) is 20.1. The van der Waals surface area contributed by atoms with Gasteiger partial charge in [-0.05, 0) is 58.7 Å². The summed E-state index contributed by atoms with van der Waals surface area (Å²) in [5.41, 5.74) is 6.62. The van der Waals surface area contributed by atoms with E-state index in [9.17, 15) is 10.4 Å². The second-order valence-electron chi connectivity index (χ2n) is 10.7. The number of hydrogen-bond acceptors (Lipinski definition) is 10. The van der Waals surface area contributed by atoms with E-state index < -0.39 is 12.1 Å². The summed E-state index contributed by atoms with van der Waals surface area (Å²) in [6.45, 7) is 6.19. The van der Waals surface area contributed by atoms with Gasteiger partial charge in [-0.15, -0.1) is 0 Å². The third kappa shape index (κ3) is 4.36. The normalized spacial score (nSPS) is 26.7. The van der Waals surface area contributed by atoms with Crippen molar-refractivity contribution in [1.29, 1.82) is 8.03 Å². The summed E-state index contributed by atoms with van der Waals surface area (Å²) in [4.78, 5) is 4.49. The molecule has 4 aliphatic rings. The molecule has 2 aromatic carbocycles. The van der Waals surface area contributed by atoms with Crippen molar-refractivity contribution in [3.05, 3.63) is 45.0 Å². The molecule has 0 radical (unpaired) electrons. The van der Waals surface area contributed by atoms with Crippen LogP contribution in [0.1, 0.15) is 51.0 Å². The Morgan fingerprint density at radius 1 is 1.27 bits per heavy atom. The number of thiol groups is 1. The molecule has 12 heteroatoms. The standard InChI is InChI=1S/C28H33N3O6.BH4PS/c1-13-6-16-7-18-20(9-29)31-19(24(30(18)4)22(16)26(14(13)2)35-11-34-5)8-17-23(21(31)10-32)28-27(36-12-37-28)15(3)25(17)33;2-1-3/h6,18-21,24,32-33H,7-8,10-12H2,1-5H3;1,3H,2H2/t18-,19?,20-,21-,24-;/m0./s1/i32T;1D. The molecule has 6 atom stereocenters. The van der Waals surface area contributed by atoms with Crippen molar-refractivity contribution in [2.24, 2.45) is 0 Å². The van der Waals surface area contributed by atoms with Crippen LogP contribution in [0.5, 0.6) is 23.0 Å². The first-order valence-electron chi connectivity index (χ1n) is 14.3. The summed E-state index contributed by atoms with van der Waals surface area (Å²) in [5, 5.41) is 26.9. The molecule has 0 aromatic heterocycles. The minimum Gasteiger partial charge on any atom is -0.507 e. The molecule has 4 heterocycles. The number of nitrogens with zero attached hydrogens (tertiary/aromatic N) is 3. The Kier molecular flexibility index (Phi) is 7.74. The van der Waals surface area contributed by atoms with E-state index in [1.807, 2.05) is 6.92 Å². The van der Waals surface area contributed by atoms with Crippen molar-refractivity contribution in [3.63, 3.8) is 0 Å². The lowest BCUT2D eigenvalue weighted by molar-refractivity contribution is -0.0831. The molecule has 2 aromatic rings. The maximum atomic E-state index is 11.4. The topological polar surface area (TPSA) is 108 Å². The number of phenols is 1. The number of aryl methyl sites for hydroxylation is 1. The Morgan fingerprint density at radius 3 is 2.67 bits per heavy atom. The van der Waals surface area contributed by atoms with Crippen LogP contribution < -0.4 is 14.2 Å². The molecule has 2 bridgehead atoms. The lowest BCUT2D eigenvalue weighted by Crippen LogP contribution is -2.68. The Morgan fingerprint density at radius 2 is 2.00 bits per heavy atom. The predicted octanol–water partition coefficient (Wildman–Crippen LogP) is 2.85. The molecule has 214 valence electrons. The lowest BCUT2D eigenvalue weighted by Gasteiger charge is -2.59. The van der Waals surface area contributed by atoms with Crippen molar-refractivity contribution in [2.45, 2.75) is 63.8 Å². The average Bonchev–Trinajstić information content (AvgIpc) is 3.43. The quantitative estimate of drug-likeness (QED) is 0.210. The van der Waals surface area contributed by atoms with Crippen molar-refractivity contribution >= 4 is 27.8 Å². The van der Waals surface area contributed by atoms with Gasteiger partial charge in [0.05, 0.1) is 24.8 Å². The van der Waals surface area contributed by atoms with Gasteiger partial charge in [0.1, 0.15) is 17.5 Å². The van der Waals surface area contributed by atoms with Crippen molar-refractivity contribution in [2.75, 3.05) is 34.4 Å². The first-order valence-corrected chi connectivity index (χ1v) is 14.5. The fraction of sp³-hybridized carbons (Fsp3) is 0.536. The van der Waals surface area contributed by atoms with Gasteiger partial charge in [0.2, 0.25) is 14.5 Å². The van der Waals surface area contributed by atoms with Crippen molar-refractivity contribution < 1.29 is 29.2 Å². The number of aliphatic hydroxyl groups is 1. The highest BCUT2D eigenvalue weighted by molar-refractivity contribution is 8.20. The van der Waals surface area contributed by atoms with Gasteiger partial charge in [-0.3, -0.25) is 9.80 Å². The molecule has 6 rings (SSSR count). The molecule has 2 N–H and O–H groups in total. The second-order valence-corrected chi connectivity index (χ2v) is 11.9. The Hall–Kier alpha value is -2.19. The number of fused-ring (bicyclic) bond motifs is 9. The maximum Gasteiger partial charge on any atom is 0.231 e. The molecular weight excluding hydrogens is 548 g/mol. The molecule has 4 aliphatic heterocycles. The number of aromatic hydroxyl groups is 1. The van der Waals surface area contributed by atoms with Gasteiger partial charge in [-0.2, -0.15) is 14.4 Å². The van der Waals surface area contributed by atoms with Gasteiger partial charge in [0, 0.05) is 41.4 Å². The monoisotopic (exact) mass is 588 g/mol. The smallest absolute Gasteiger partial charge is 0.231 e. The number of nitriles is 1. The fourth-order valence-electron chi connectivity index (χ4n) is 7.15. The predicted molar refractivity (Wildman–Crippen MR) is 160 cm³/mol. The summed E-state index contributed by atoms with van der Waals surface area (Å²) in [6, 6.07) is 3.49. The van der Waals surface area contributed by atoms with E-state index in [-0.39, 0.29) is 50.3 Å². The minimum absolute atomic E-state index is 0.0238. The van der Waals surface area contributed by atoms with Crippen LogP contribution in [0.15, 0.2) is 6.07 Å². The van der Waals surface area contributed by atoms with Crippen molar-refractivity contribution in [1.82, 2.24) is 9.80 Å². The van der Waals surface area contributed by atoms with Gasteiger partial charge in [-0.1, -0.05) is 6.07 Å². The van der Waals surface area contributed by atoms with E-state index in [1.165, 1.54) is 5.56 Å². The third-order valence-electron chi connectivity index (χ3n) is 8.91. The van der Waals surface area contributed by atoms with Crippen LogP contribution in [0.4, 0.5) is 0 Å². The summed E-state index contributed by atoms with van der Waals surface area (Å²) in [7, 11) is 5.87. The Balaban J connectivity index is 0.000000830. The molecule has 0 aliphatic carbocycles. The summed E-state index contributed by atoms with van der Waals surface area (Å²) in [5.74, 6) is 2.08. The van der Waals surface area contributed by atoms with Crippen LogP contribution in [0.3, 0.4) is 0 Å². The number of rotatable bonds is 5. The number of benzene rings is 2. The molecule has 9 nitrogen and oxygen atoms in total. The molecule has 0 spiro atoms. The van der Waals surface area contributed by atoms with E-state index in [0.717, 1.165) is 33.6 Å². The van der Waals surface area contributed by atoms with Crippen LogP contribution in [-0.2, 0) is 17.6 Å². The largest absolute Gasteiger partial charge is 0.507 e. The number of ether oxygens (including phenoxy) is 4. The van der Waals surface area contributed by atoms with Crippen LogP contribution in [-0.4, -0.2) is 81.5 Å². The van der Waals surface area contributed by atoms with Crippen molar-refractivity contribution in [3.8, 4) is 29.1 Å². The first kappa shape index (κ1) is 26.7. The highest BCUT2D eigenvalue weighted by Crippen LogP contribution is 2.57. The molecular formula is C28H37BN3O6PS. The van der Waals surface area contributed by atoms with Gasteiger partial charge in [-0.25, -0.2) is 12.5 Å². The zero-order valence-corrected chi connectivity index (χ0v) is 25.5. The number of likely N-dealkylation sites (N-methyl/N-ethyl adjacent to an activating group) is 1. The highest BCUT2D eigenvalue weighted by atomic mass is 32.1. The van der Waals surface area contributed by atoms with Gasteiger partial charge >= 0.3 is 0 Å². The zero-order valence-electron chi connectivity index (χ0n) is 25.4. The second kappa shape index (κ2) is 11.6. The average molecular weight is 588 g/mol. The van der Waals surface area contributed by atoms with Crippen LogP contribution in [0.25, 0.3) is 0 Å².